The van der Waals surface area contributed by atoms with E-state index in [2.05, 4.69) is 22.4 Å². The molecule has 0 atom stereocenters. The highest BCUT2D eigenvalue weighted by Gasteiger charge is 2.19. The highest BCUT2D eigenvalue weighted by molar-refractivity contribution is 8.01. The summed E-state index contributed by atoms with van der Waals surface area (Å²) in [6.07, 6.45) is 5.57. The quantitative estimate of drug-likeness (QED) is 0.660. The molecule has 0 bridgehead atoms. The normalized spacial score (nSPS) is 16.3. The van der Waals surface area contributed by atoms with E-state index in [4.69, 9.17) is 0 Å². The molecule has 0 spiro atoms. The monoisotopic (exact) mass is 271 g/mol. The molecule has 1 heterocycles. The number of hydrogen-bond donors (Lipinski definition) is 1. The number of carbonyl (C=O) groups excluding carboxylic acids is 1. The van der Waals surface area contributed by atoms with Crippen LogP contribution in [0, 0.1) is 5.92 Å². The fourth-order valence-electron chi connectivity index (χ4n) is 2.09. The first-order valence-electron chi connectivity index (χ1n) is 6.04. The van der Waals surface area contributed by atoms with Gasteiger partial charge in [0.05, 0.1) is 0 Å². The van der Waals surface area contributed by atoms with Gasteiger partial charge >= 0.3 is 0 Å². The molecule has 0 aliphatic heterocycles. The van der Waals surface area contributed by atoms with Gasteiger partial charge in [-0.1, -0.05) is 42.9 Å². The van der Waals surface area contributed by atoms with E-state index in [0.29, 0.717) is 17.5 Å². The van der Waals surface area contributed by atoms with Crippen molar-refractivity contribution < 1.29 is 4.79 Å². The van der Waals surface area contributed by atoms with Crippen molar-refractivity contribution >= 4 is 34.1 Å². The lowest BCUT2D eigenvalue weighted by Gasteiger charge is -2.06. The van der Waals surface area contributed by atoms with Gasteiger partial charge in [0.2, 0.25) is 11.0 Å². The molecule has 1 aliphatic carbocycles. The Labute approximate surface area is 110 Å². The molecule has 94 valence electrons. The predicted molar refractivity (Wildman–Crippen MR) is 71.5 cm³/mol. The van der Waals surface area contributed by atoms with Crippen molar-refractivity contribution in [2.75, 3.05) is 11.1 Å². The summed E-state index contributed by atoms with van der Waals surface area (Å²) >= 11 is 3.10. The molecule has 1 saturated carbocycles. The number of amides is 1. The smallest absolute Gasteiger partial charge is 0.226 e. The van der Waals surface area contributed by atoms with Crippen LogP contribution in [0.25, 0.3) is 0 Å². The number of carbonyl (C=O) groups is 1. The van der Waals surface area contributed by atoms with Gasteiger partial charge in [-0.3, -0.25) is 4.79 Å². The second-order valence-electron chi connectivity index (χ2n) is 4.21. The fourth-order valence-corrected chi connectivity index (χ4v) is 3.75. The minimum Gasteiger partial charge on any atom is -0.300 e. The molecule has 1 fully saturated rings. The predicted octanol–water partition coefficient (Wildman–Crippen LogP) is 3.17. The Balaban J connectivity index is 1.80. The molecule has 4 nitrogen and oxygen atoms in total. The highest BCUT2D eigenvalue weighted by Crippen LogP contribution is 2.29. The third kappa shape index (κ3) is 3.96. The van der Waals surface area contributed by atoms with Crippen molar-refractivity contribution in [3.63, 3.8) is 0 Å². The molecule has 0 saturated heterocycles. The van der Waals surface area contributed by atoms with E-state index < -0.39 is 0 Å². The van der Waals surface area contributed by atoms with E-state index in [9.17, 15) is 4.79 Å². The van der Waals surface area contributed by atoms with E-state index in [1.165, 1.54) is 37.0 Å². The molecule has 0 unspecified atom stereocenters. The van der Waals surface area contributed by atoms with E-state index in [1.807, 2.05) is 0 Å². The summed E-state index contributed by atoms with van der Waals surface area (Å²) in [4.78, 5) is 11.8. The summed E-state index contributed by atoms with van der Waals surface area (Å²) < 4.78 is 0.920. The summed E-state index contributed by atoms with van der Waals surface area (Å²) in [5, 5.41) is 11.4. The van der Waals surface area contributed by atoms with Gasteiger partial charge in [-0.2, -0.15) is 0 Å². The number of hydrogen-bond acceptors (Lipinski definition) is 5. The van der Waals surface area contributed by atoms with Gasteiger partial charge in [-0.25, -0.2) is 0 Å². The van der Waals surface area contributed by atoms with E-state index >= 15 is 0 Å². The summed E-state index contributed by atoms with van der Waals surface area (Å²) in [6, 6.07) is 0. The maximum Gasteiger partial charge on any atom is 0.226 e. The average Bonchev–Trinajstić information content (AvgIpc) is 2.91. The molecule has 1 aliphatic rings. The third-order valence-electron chi connectivity index (χ3n) is 2.87. The van der Waals surface area contributed by atoms with E-state index in [1.54, 1.807) is 11.8 Å². The summed E-state index contributed by atoms with van der Waals surface area (Å²) in [5.41, 5.74) is 0. The average molecular weight is 271 g/mol. The Bertz CT molecular complexity index is 375. The summed E-state index contributed by atoms with van der Waals surface area (Å²) in [6.45, 7) is 2.07. The van der Waals surface area contributed by atoms with Crippen LogP contribution in [0.5, 0.6) is 0 Å². The van der Waals surface area contributed by atoms with Crippen LogP contribution >= 0.6 is 23.1 Å². The minimum absolute atomic E-state index is 0.0844. The SMILES string of the molecule is CCSc1nnc(NC(=O)CC2CCCC2)s1. The molecule has 0 radical (unpaired) electrons. The number of anilines is 1. The lowest BCUT2D eigenvalue weighted by molar-refractivity contribution is -0.117. The second kappa shape index (κ2) is 6.35. The van der Waals surface area contributed by atoms with Crippen LogP contribution < -0.4 is 5.32 Å². The van der Waals surface area contributed by atoms with Crippen molar-refractivity contribution in [3.8, 4) is 0 Å². The zero-order valence-corrected chi connectivity index (χ0v) is 11.6. The standard InChI is InChI=1S/C11H17N3OS2/c1-2-16-11-14-13-10(17-11)12-9(15)7-8-5-3-4-6-8/h8H,2-7H2,1H3,(H,12,13,15). The Hall–Kier alpha value is -0.620. The number of aromatic nitrogens is 2. The lowest BCUT2D eigenvalue weighted by Crippen LogP contribution is -2.14. The maximum absolute atomic E-state index is 11.8. The Kier molecular flexibility index (Phi) is 4.79. The number of nitrogens with one attached hydrogen (secondary N) is 1. The van der Waals surface area contributed by atoms with Crippen LogP contribution in [0.1, 0.15) is 39.0 Å². The van der Waals surface area contributed by atoms with Gasteiger partial charge in [-0.05, 0) is 24.5 Å². The summed E-state index contributed by atoms with van der Waals surface area (Å²) in [5.74, 6) is 1.64. The first kappa shape index (κ1) is 12.8. The molecule has 2 rings (SSSR count). The molecular weight excluding hydrogens is 254 g/mol. The van der Waals surface area contributed by atoms with Crippen LogP contribution in [0.4, 0.5) is 5.13 Å². The van der Waals surface area contributed by atoms with Gasteiger partial charge < -0.3 is 5.32 Å². The van der Waals surface area contributed by atoms with Crippen LogP contribution in [-0.2, 0) is 4.79 Å². The minimum atomic E-state index is 0.0844. The largest absolute Gasteiger partial charge is 0.300 e. The van der Waals surface area contributed by atoms with E-state index in [0.717, 1.165) is 10.1 Å². The van der Waals surface area contributed by atoms with Crippen LogP contribution in [0.15, 0.2) is 4.34 Å². The van der Waals surface area contributed by atoms with Crippen LogP contribution in [-0.4, -0.2) is 21.9 Å². The lowest BCUT2D eigenvalue weighted by atomic mass is 10.0. The second-order valence-corrected chi connectivity index (χ2v) is 6.70. The Morgan fingerprint density at radius 2 is 2.24 bits per heavy atom. The Morgan fingerprint density at radius 3 is 2.94 bits per heavy atom. The number of rotatable bonds is 5. The zero-order valence-electron chi connectivity index (χ0n) is 9.94. The number of nitrogens with zero attached hydrogens (tertiary/aromatic N) is 2. The maximum atomic E-state index is 11.8. The van der Waals surface area contributed by atoms with Crippen molar-refractivity contribution in [1.29, 1.82) is 0 Å². The molecule has 1 N–H and O–H groups in total. The molecule has 0 aromatic carbocycles. The van der Waals surface area contributed by atoms with Gasteiger partial charge in [0.1, 0.15) is 0 Å². The van der Waals surface area contributed by atoms with Crippen molar-refractivity contribution in [2.45, 2.75) is 43.4 Å². The van der Waals surface area contributed by atoms with E-state index in [-0.39, 0.29) is 5.91 Å². The third-order valence-corrected chi connectivity index (χ3v) is 4.72. The Morgan fingerprint density at radius 1 is 1.47 bits per heavy atom. The topological polar surface area (TPSA) is 54.9 Å². The zero-order chi connectivity index (χ0) is 12.1. The van der Waals surface area contributed by atoms with Crippen LogP contribution in [0.3, 0.4) is 0 Å². The molecule has 1 aromatic rings. The van der Waals surface area contributed by atoms with Gasteiger partial charge in [0.15, 0.2) is 4.34 Å². The molecular formula is C11H17N3OS2. The first-order valence-corrected chi connectivity index (χ1v) is 7.84. The van der Waals surface area contributed by atoms with Crippen molar-refractivity contribution in [2.24, 2.45) is 5.92 Å². The number of thioether (sulfide) groups is 1. The molecule has 1 amide bonds. The van der Waals surface area contributed by atoms with Gasteiger partial charge in [-0.15, -0.1) is 10.2 Å². The van der Waals surface area contributed by atoms with Crippen LogP contribution in [0.2, 0.25) is 0 Å². The van der Waals surface area contributed by atoms with Crippen molar-refractivity contribution in [3.05, 3.63) is 0 Å². The highest BCUT2D eigenvalue weighted by atomic mass is 32.2. The molecule has 1 aromatic heterocycles. The fraction of sp³-hybridized carbons (Fsp3) is 0.727. The first-order chi connectivity index (χ1) is 8.28. The summed E-state index contributed by atoms with van der Waals surface area (Å²) in [7, 11) is 0. The van der Waals surface area contributed by atoms with Crippen molar-refractivity contribution in [1.82, 2.24) is 10.2 Å². The molecule has 6 heteroatoms. The van der Waals surface area contributed by atoms with Gasteiger partial charge in [0.25, 0.3) is 0 Å². The van der Waals surface area contributed by atoms with Gasteiger partial charge in [0, 0.05) is 6.42 Å². The molecule has 17 heavy (non-hydrogen) atoms.